The van der Waals surface area contributed by atoms with E-state index >= 15 is 0 Å². The Bertz CT molecular complexity index is 1020. The highest BCUT2D eigenvalue weighted by Gasteiger charge is 2.43. The average Bonchev–Trinajstić information content (AvgIpc) is 3.09. The van der Waals surface area contributed by atoms with Gasteiger partial charge in [-0.25, -0.2) is 4.90 Å². The van der Waals surface area contributed by atoms with E-state index in [4.69, 9.17) is 9.47 Å². The molecule has 2 aliphatic heterocycles. The van der Waals surface area contributed by atoms with Crippen LogP contribution in [0.4, 0.5) is 5.69 Å². The molecule has 0 aromatic heterocycles. The van der Waals surface area contributed by atoms with Crippen molar-refractivity contribution in [1.82, 2.24) is 4.90 Å². The molecular weight excluding hydrogens is 396 g/mol. The van der Waals surface area contributed by atoms with E-state index in [0.29, 0.717) is 47.1 Å². The molecule has 0 radical (unpaired) electrons. The van der Waals surface area contributed by atoms with Crippen molar-refractivity contribution in [2.24, 2.45) is 5.92 Å². The van der Waals surface area contributed by atoms with Crippen molar-refractivity contribution in [1.29, 1.82) is 0 Å². The molecule has 1 N–H and O–H groups in total. The van der Waals surface area contributed by atoms with E-state index in [9.17, 15) is 14.7 Å². The highest BCUT2D eigenvalue weighted by molar-refractivity contribution is 6.45. The van der Waals surface area contributed by atoms with Crippen LogP contribution in [-0.4, -0.2) is 55.7 Å². The van der Waals surface area contributed by atoms with E-state index in [-0.39, 0.29) is 24.3 Å². The van der Waals surface area contributed by atoms with Crippen LogP contribution in [0.25, 0.3) is 5.57 Å². The number of benzene rings is 2. The first-order valence-corrected chi connectivity index (χ1v) is 10.3. The zero-order valence-electron chi connectivity index (χ0n) is 17.7. The summed E-state index contributed by atoms with van der Waals surface area (Å²) in [5.74, 6) is 0.299. The molecule has 0 aliphatic carbocycles. The number of carbonyl (C=O) groups is 2. The summed E-state index contributed by atoms with van der Waals surface area (Å²) in [7, 11) is 3.04. The molecule has 162 valence electrons. The standard InChI is InChI=1S/C24H26N2O5/c1-30-19-11-10-18(13-20(19)31-2)26-23(28)21(17-8-4-3-5-9-17)22(24(26)29)25-12-6-7-16(14-25)15-27/h3-5,8-11,13,16,27H,6-7,12,14-15H2,1-2H3. The molecule has 31 heavy (non-hydrogen) atoms. The number of aliphatic hydroxyl groups is 1. The van der Waals surface area contributed by atoms with Gasteiger partial charge in [0.15, 0.2) is 11.5 Å². The average molecular weight is 422 g/mol. The zero-order chi connectivity index (χ0) is 22.0. The Balaban J connectivity index is 1.79. The second kappa shape index (κ2) is 8.81. The lowest BCUT2D eigenvalue weighted by Crippen LogP contribution is -2.40. The van der Waals surface area contributed by atoms with Gasteiger partial charge in [-0.05, 0) is 36.5 Å². The van der Waals surface area contributed by atoms with Crippen molar-refractivity contribution in [3.63, 3.8) is 0 Å². The van der Waals surface area contributed by atoms with Crippen LogP contribution in [0.5, 0.6) is 11.5 Å². The van der Waals surface area contributed by atoms with Crippen molar-refractivity contribution < 1.29 is 24.2 Å². The van der Waals surface area contributed by atoms with Crippen molar-refractivity contribution >= 4 is 23.1 Å². The molecule has 0 saturated carbocycles. The molecule has 0 bridgehead atoms. The maximum atomic E-state index is 13.6. The SMILES string of the molecule is COc1ccc(N2C(=O)C(c3ccccc3)=C(N3CCCC(CO)C3)C2=O)cc1OC. The molecule has 1 saturated heterocycles. The fraction of sp³-hybridized carbons (Fsp3) is 0.333. The van der Waals surface area contributed by atoms with Gasteiger partial charge in [0.25, 0.3) is 11.8 Å². The number of imide groups is 1. The lowest BCUT2D eigenvalue weighted by atomic mass is 9.97. The summed E-state index contributed by atoms with van der Waals surface area (Å²) in [5, 5.41) is 9.66. The summed E-state index contributed by atoms with van der Waals surface area (Å²) < 4.78 is 10.6. The van der Waals surface area contributed by atoms with E-state index in [1.165, 1.54) is 19.1 Å². The minimum atomic E-state index is -0.371. The van der Waals surface area contributed by atoms with Gasteiger partial charge >= 0.3 is 0 Å². The van der Waals surface area contributed by atoms with E-state index in [1.807, 2.05) is 35.2 Å². The number of piperidine rings is 1. The normalized spacial score (nSPS) is 19.3. The van der Waals surface area contributed by atoms with Gasteiger partial charge in [0.1, 0.15) is 5.70 Å². The summed E-state index contributed by atoms with van der Waals surface area (Å²) in [6.45, 7) is 1.27. The topological polar surface area (TPSA) is 79.3 Å². The van der Waals surface area contributed by atoms with E-state index in [1.54, 1.807) is 18.2 Å². The number of likely N-dealkylation sites (tertiary alicyclic amines) is 1. The number of methoxy groups -OCH3 is 2. The van der Waals surface area contributed by atoms with Crippen molar-refractivity contribution in [3.05, 3.63) is 59.8 Å². The van der Waals surface area contributed by atoms with Crippen LogP contribution in [-0.2, 0) is 9.59 Å². The summed E-state index contributed by atoms with van der Waals surface area (Å²) >= 11 is 0. The molecule has 1 fully saturated rings. The molecule has 2 heterocycles. The predicted octanol–water partition coefficient (Wildman–Crippen LogP) is 2.69. The Labute approximate surface area is 181 Å². The van der Waals surface area contributed by atoms with Crippen LogP contribution in [0.1, 0.15) is 18.4 Å². The first-order chi connectivity index (χ1) is 15.1. The Morgan fingerprint density at radius 1 is 1.00 bits per heavy atom. The minimum absolute atomic E-state index is 0.0615. The van der Waals surface area contributed by atoms with Crippen LogP contribution < -0.4 is 14.4 Å². The third kappa shape index (κ3) is 3.77. The predicted molar refractivity (Wildman–Crippen MR) is 117 cm³/mol. The number of hydrogen-bond acceptors (Lipinski definition) is 6. The van der Waals surface area contributed by atoms with E-state index in [0.717, 1.165) is 12.8 Å². The third-order valence-electron chi connectivity index (χ3n) is 5.84. The van der Waals surface area contributed by atoms with Gasteiger partial charge in [-0.2, -0.15) is 0 Å². The molecule has 2 aliphatic rings. The fourth-order valence-electron chi connectivity index (χ4n) is 4.29. The largest absolute Gasteiger partial charge is 0.493 e. The molecule has 2 aromatic carbocycles. The first kappa shape index (κ1) is 20.9. The van der Waals surface area contributed by atoms with Crippen LogP contribution in [0.2, 0.25) is 0 Å². The number of amides is 2. The van der Waals surface area contributed by atoms with Gasteiger partial charge < -0.3 is 19.5 Å². The Morgan fingerprint density at radius 2 is 1.74 bits per heavy atom. The maximum absolute atomic E-state index is 13.6. The Kier molecular flexibility index (Phi) is 5.95. The highest BCUT2D eigenvalue weighted by Crippen LogP contribution is 2.39. The van der Waals surface area contributed by atoms with Crippen LogP contribution >= 0.6 is 0 Å². The molecule has 7 heteroatoms. The highest BCUT2D eigenvalue weighted by atomic mass is 16.5. The van der Waals surface area contributed by atoms with Crippen LogP contribution in [0.3, 0.4) is 0 Å². The monoisotopic (exact) mass is 422 g/mol. The number of ether oxygens (including phenoxy) is 2. The number of nitrogens with zero attached hydrogens (tertiary/aromatic N) is 2. The lowest BCUT2D eigenvalue weighted by molar-refractivity contribution is -0.120. The smallest absolute Gasteiger partial charge is 0.282 e. The number of anilines is 1. The van der Waals surface area contributed by atoms with Gasteiger partial charge in [0.05, 0.1) is 25.5 Å². The van der Waals surface area contributed by atoms with Gasteiger partial charge in [-0.3, -0.25) is 9.59 Å². The van der Waals surface area contributed by atoms with Crippen LogP contribution in [0, 0.1) is 5.92 Å². The van der Waals surface area contributed by atoms with Gasteiger partial charge in [-0.15, -0.1) is 0 Å². The molecular formula is C24H26N2O5. The van der Waals surface area contributed by atoms with Gasteiger partial charge in [0.2, 0.25) is 0 Å². The first-order valence-electron chi connectivity index (χ1n) is 10.3. The zero-order valence-corrected chi connectivity index (χ0v) is 17.7. The molecule has 2 aromatic rings. The minimum Gasteiger partial charge on any atom is -0.493 e. The number of aliphatic hydroxyl groups excluding tert-OH is 1. The van der Waals surface area contributed by atoms with E-state index < -0.39 is 0 Å². The summed E-state index contributed by atoms with van der Waals surface area (Å²) in [5.41, 5.74) is 1.90. The van der Waals surface area contributed by atoms with Gasteiger partial charge in [-0.1, -0.05) is 30.3 Å². The summed E-state index contributed by atoms with van der Waals surface area (Å²) in [4.78, 5) is 30.3. The summed E-state index contributed by atoms with van der Waals surface area (Å²) in [6, 6.07) is 14.2. The quantitative estimate of drug-likeness (QED) is 0.721. The Morgan fingerprint density at radius 3 is 2.42 bits per heavy atom. The molecule has 1 unspecified atom stereocenters. The number of carbonyl (C=O) groups excluding carboxylic acids is 2. The third-order valence-corrected chi connectivity index (χ3v) is 5.84. The molecule has 1 atom stereocenters. The second-order valence-electron chi connectivity index (χ2n) is 7.71. The van der Waals surface area contributed by atoms with Gasteiger partial charge in [0, 0.05) is 25.8 Å². The van der Waals surface area contributed by atoms with Crippen molar-refractivity contribution in [2.75, 3.05) is 38.8 Å². The molecule has 0 spiro atoms. The molecule has 7 nitrogen and oxygen atoms in total. The number of rotatable bonds is 6. The summed E-state index contributed by atoms with van der Waals surface area (Å²) in [6.07, 6.45) is 1.76. The lowest BCUT2D eigenvalue weighted by Gasteiger charge is -2.34. The second-order valence-corrected chi connectivity index (χ2v) is 7.71. The van der Waals surface area contributed by atoms with Crippen molar-refractivity contribution in [3.8, 4) is 11.5 Å². The maximum Gasteiger partial charge on any atom is 0.282 e. The molecule has 2 amide bonds. The Hall–Kier alpha value is -3.32. The molecule has 4 rings (SSSR count). The van der Waals surface area contributed by atoms with Crippen LogP contribution in [0.15, 0.2) is 54.2 Å². The number of hydrogen-bond donors (Lipinski definition) is 1. The van der Waals surface area contributed by atoms with Crippen molar-refractivity contribution in [2.45, 2.75) is 12.8 Å². The van der Waals surface area contributed by atoms with E-state index in [2.05, 4.69) is 0 Å². The fourth-order valence-corrected chi connectivity index (χ4v) is 4.29.